The van der Waals surface area contributed by atoms with Crippen LogP contribution in [0, 0.1) is 5.41 Å². The molecule has 0 saturated carbocycles. The van der Waals surface area contributed by atoms with Crippen LogP contribution in [0.4, 0.5) is 0 Å². The molecule has 3 heterocycles. The minimum absolute atomic E-state index is 0.163. The van der Waals surface area contributed by atoms with E-state index >= 15 is 0 Å². The number of carbonyl (C=O) groups is 1. The summed E-state index contributed by atoms with van der Waals surface area (Å²) in [6.07, 6.45) is -2.78. The highest BCUT2D eigenvalue weighted by atomic mass is 16.8. The van der Waals surface area contributed by atoms with Gasteiger partial charge in [0.25, 0.3) is 0 Å². The molecule has 9 atom stereocenters. The summed E-state index contributed by atoms with van der Waals surface area (Å²) in [6.45, 7) is 8.65. The molecule has 2 saturated heterocycles. The maximum Gasteiger partial charge on any atom is 0.311 e. The molecule has 50 heavy (non-hydrogen) atoms. The van der Waals surface area contributed by atoms with E-state index in [0.717, 1.165) is 16.7 Å². The monoisotopic (exact) mass is 688 g/mol. The first-order valence-corrected chi connectivity index (χ1v) is 17.3. The number of hydrogen-bond donors (Lipinski definition) is 0. The second-order valence-corrected chi connectivity index (χ2v) is 13.8. The Balaban J connectivity index is 1.33. The summed E-state index contributed by atoms with van der Waals surface area (Å²) in [5.74, 6) is -0.426. The minimum Gasteiger partial charge on any atom is -0.493 e. The van der Waals surface area contributed by atoms with Crippen molar-refractivity contribution in [1.29, 1.82) is 0 Å². The molecule has 3 aromatic rings. The van der Waals surface area contributed by atoms with E-state index in [1.807, 2.05) is 97.9 Å². The molecule has 3 aliphatic rings. The summed E-state index contributed by atoms with van der Waals surface area (Å²) in [7, 11) is 0. The molecule has 0 aromatic heterocycles. The molecular weight excluding hydrogens is 640 g/mol. The van der Waals surface area contributed by atoms with Gasteiger partial charge in [-0.2, -0.15) is 0 Å². The lowest BCUT2D eigenvalue weighted by molar-refractivity contribution is -0.344. The van der Waals surface area contributed by atoms with Crippen LogP contribution in [0.2, 0.25) is 0 Å². The van der Waals surface area contributed by atoms with E-state index in [-0.39, 0.29) is 25.9 Å². The lowest BCUT2D eigenvalue weighted by Crippen LogP contribution is -2.64. The van der Waals surface area contributed by atoms with Crippen LogP contribution in [0.15, 0.2) is 103 Å². The Labute approximate surface area is 294 Å². The number of hydrogen-bond acceptors (Lipinski definition) is 10. The Morgan fingerprint density at radius 3 is 1.94 bits per heavy atom. The molecule has 268 valence electrons. The topological polar surface area (TPSA) is 100 Å². The first-order chi connectivity index (χ1) is 24.2. The first-order valence-electron chi connectivity index (χ1n) is 17.3. The number of fused-ring (bicyclic) bond motifs is 1. The van der Waals surface area contributed by atoms with Gasteiger partial charge in [-0.15, -0.1) is 0 Å². The van der Waals surface area contributed by atoms with Crippen molar-refractivity contribution in [2.24, 2.45) is 5.41 Å². The molecule has 0 spiro atoms. The van der Waals surface area contributed by atoms with Gasteiger partial charge in [0.15, 0.2) is 24.8 Å². The van der Waals surface area contributed by atoms with Gasteiger partial charge in [-0.25, -0.2) is 0 Å². The molecule has 3 aromatic carbocycles. The number of esters is 1. The zero-order chi connectivity index (χ0) is 34.9. The quantitative estimate of drug-likeness (QED) is 0.196. The predicted molar refractivity (Wildman–Crippen MR) is 183 cm³/mol. The van der Waals surface area contributed by atoms with Gasteiger partial charge in [-0.1, -0.05) is 91.0 Å². The van der Waals surface area contributed by atoms with Crippen molar-refractivity contribution in [1.82, 2.24) is 0 Å². The molecule has 3 aliphatic heterocycles. The molecule has 0 amide bonds. The average molecular weight is 689 g/mol. The van der Waals surface area contributed by atoms with E-state index in [2.05, 4.69) is 0 Å². The predicted octanol–water partition coefficient (Wildman–Crippen LogP) is 6.12. The fourth-order valence-corrected chi connectivity index (χ4v) is 6.03. The molecule has 10 nitrogen and oxygen atoms in total. The third-order valence-electron chi connectivity index (χ3n) is 8.76. The molecule has 0 aliphatic carbocycles. The molecule has 2 fully saturated rings. The van der Waals surface area contributed by atoms with E-state index in [4.69, 9.17) is 42.6 Å². The molecule has 6 rings (SSSR count). The first kappa shape index (κ1) is 36.2. The van der Waals surface area contributed by atoms with Crippen LogP contribution in [-0.4, -0.2) is 74.5 Å². The summed E-state index contributed by atoms with van der Waals surface area (Å²) in [4.78, 5) is 13.6. The highest BCUT2D eigenvalue weighted by Gasteiger charge is 2.53. The zero-order valence-corrected chi connectivity index (χ0v) is 29.1. The van der Waals surface area contributed by atoms with Crippen molar-refractivity contribution in [3.63, 3.8) is 0 Å². The fraction of sp³-hybridized carbons (Fsp3) is 0.475. The van der Waals surface area contributed by atoms with Crippen LogP contribution in [0.3, 0.4) is 0 Å². The highest BCUT2D eigenvalue weighted by Crippen LogP contribution is 2.35. The van der Waals surface area contributed by atoms with Crippen LogP contribution in [0.5, 0.6) is 0 Å². The van der Waals surface area contributed by atoms with Gasteiger partial charge in [0, 0.05) is 0 Å². The van der Waals surface area contributed by atoms with Crippen molar-refractivity contribution >= 4 is 5.97 Å². The van der Waals surface area contributed by atoms with Gasteiger partial charge in [0.05, 0.1) is 44.7 Å². The van der Waals surface area contributed by atoms with E-state index < -0.39 is 60.6 Å². The van der Waals surface area contributed by atoms with Crippen molar-refractivity contribution in [2.45, 2.75) is 103 Å². The molecule has 0 N–H and O–H groups in total. The second kappa shape index (κ2) is 17.1. The van der Waals surface area contributed by atoms with E-state index in [1.165, 1.54) is 0 Å². The number of carbonyl (C=O) groups excluding carboxylic acids is 1. The van der Waals surface area contributed by atoms with Gasteiger partial charge in [-0.3, -0.25) is 4.79 Å². The number of rotatable bonds is 13. The largest absolute Gasteiger partial charge is 0.493 e. The Kier molecular flexibility index (Phi) is 12.4. The van der Waals surface area contributed by atoms with Crippen LogP contribution >= 0.6 is 0 Å². The Morgan fingerprint density at radius 2 is 1.34 bits per heavy atom. The van der Waals surface area contributed by atoms with Gasteiger partial charge in [-0.05, 0) is 50.5 Å². The summed E-state index contributed by atoms with van der Waals surface area (Å²) in [5.41, 5.74) is 2.14. The van der Waals surface area contributed by atoms with Crippen molar-refractivity contribution in [3.05, 3.63) is 120 Å². The normalized spacial score (nSPS) is 29.5. The molecule has 5 unspecified atom stereocenters. The van der Waals surface area contributed by atoms with Gasteiger partial charge < -0.3 is 42.6 Å². The average Bonchev–Trinajstić information content (AvgIpc) is 3.12. The highest BCUT2D eigenvalue weighted by molar-refractivity contribution is 5.75. The minimum atomic E-state index is -1.07. The lowest BCUT2D eigenvalue weighted by Gasteiger charge is -2.47. The number of ether oxygens (including phenoxy) is 9. The summed E-state index contributed by atoms with van der Waals surface area (Å²) < 4.78 is 57.1. The smallest absolute Gasteiger partial charge is 0.311 e. The van der Waals surface area contributed by atoms with Crippen molar-refractivity contribution in [2.75, 3.05) is 13.2 Å². The van der Waals surface area contributed by atoms with Crippen LogP contribution < -0.4 is 0 Å². The Hall–Kier alpha value is -3.61. The molecule has 0 bridgehead atoms. The maximum absolute atomic E-state index is 13.6. The van der Waals surface area contributed by atoms with Crippen LogP contribution in [-0.2, 0) is 67.2 Å². The van der Waals surface area contributed by atoms with E-state index in [0.29, 0.717) is 13.2 Å². The lowest BCUT2D eigenvalue weighted by atomic mass is 9.95. The van der Waals surface area contributed by atoms with E-state index in [1.54, 1.807) is 33.1 Å². The molecular formula is C40H48O10. The standard InChI is InChI=1S/C40H48O10/c1-27-44-26-32-34(47-27)31(20-21-43-32)48-38-37(50-39(41)40(2,3)4)36(46-24-30-18-12-7-13-19-30)35(45-23-29-16-10-6-11-17-29)33(49-38)25-42-22-28-14-8-5-9-15-28/h5-21,27,31-38H,22-26H2,1-4H3/t27?,31-,32?,33?,34+,35+,36-,37?,38?/m1/s1. The van der Waals surface area contributed by atoms with Crippen molar-refractivity contribution in [3.8, 4) is 0 Å². The summed E-state index contributed by atoms with van der Waals surface area (Å²) in [6, 6.07) is 29.6. The van der Waals surface area contributed by atoms with Gasteiger partial charge in [0.1, 0.15) is 30.5 Å². The van der Waals surface area contributed by atoms with Crippen LogP contribution in [0.1, 0.15) is 44.4 Å². The van der Waals surface area contributed by atoms with E-state index in [9.17, 15) is 4.79 Å². The fourth-order valence-electron chi connectivity index (χ4n) is 6.03. The summed E-state index contributed by atoms with van der Waals surface area (Å²) in [5, 5.41) is 0. The van der Waals surface area contributed by atoms with Crippen LogP contribution in [0.25, 0.3) is 0 Å². The third kappa shape index (κ3) is 9.58. The van der Waals surface area contributed by atoms with Gasteiger partial charge in [0.2, 0.25) is 0 Å². The Bertz CT molecular complexity index is 1490. The Morgan fingerprint density at radius 1 is 0.760 bits per heavy atom. The maximum atomic E-state index is 13.6. The SMILES string of the molecule is CC1OCC2OC=C[C@@H](OC3OC(COCc4ccccc4)[C@H](OCc4ccccc4)[C@@H](OCc4ccccc4)C3OC(=O)C(C)(C)C)[C@@H]2O1. The second-order valence-electron chi connectivity index (χ2n) is 13.8. The zero-order valence-electron chi connectivity index (χ0n) is 29.1. The summed E-state index contributed by atoms with van der Waals surface area (Å²) >= 11 is 0. The molecule has 10 heteroatoms. The number of benzene rings is 3. The third-order valence-corrected chi connectivity index (χ3v) is 8.76. The molecule has 0 radical (unpaired) electrons. The van der Waals surface area contributed by atoms with Gasteiger partial charge >= 0.3 is 5.97 Å². The van der Waals surface area contributed by atoms with Crippen molar-refractivity contribution < 1.29 is 47.4 Å².